The second-order valence-corrected chi connectivity index (χ2v) is 8.09. The number of carbonyl (C=O) groups excluding carboxylic acids is 2. The Bertz CT molecular complexity index is 726. The van der Waals surface area contributed by atoms with E-state index in [2.05, 4.69) is 0 Å². The van der Waals surface area contributed by atoms with Gasteiger partial charge in [-0.1, -0.05) is 12.1 Å². The third-order valence-electron chi connectivity index (χ3n) is 4.60. The maximum Gasteiger partial charge on any atom is 0.162 e. The maximum absolute atomic E-state index is 12.7. The van der Waals surface area contributed by atoms with Crippen LogP contribution >= 0.6 is 22.7 Å². The lowest BCUT2D eigenvalue weighted by Gasteiger charge is -2.35. The Labute approximate surface area is 143 Å². The molecule has 2 heterocycles. The van der Waals surface area contributed by atoms with Gasteiger partial charge in [0.2, 0.25) is 0 Å². The van der Waals surface area contributed by atoms with E-state index in [0.717, 1.165) is 27.3 Å². The number of rotatable bonds is 2. The average Bonchev–Trinajstić information content (AvgIpc) is 3.22. The van der Waals surface area contributed by atoms with Crippen molar-refractivity contribution in [1.82, 2.24) is 0 Å². The van der Waals surface area contributed by atoms with Crippen LogP contribution < -0.4 is 0 Å². The molecule has 23 heavy (non-hydrogen) atoms. The van der Waals surface area contributed by atoms with Crippen molar-refractivity contribution in [3.63, 3.8) is 0 Å². The van der Waals surface area contributed by atoms with Gasteiger partial charge in [0.05, 0.1) is 0 Å². The molecule has 4 rings (SSSR count). The number of hydrogen-bond donors (Lipinski definition) is 0. The summed E-state index contributed by atoms with van der Waals surface area (Å²) >= 11 is 3.25. The number of hydrogen-bond acceptors (Lipinski definition) is 4. The Morgan fingerprint density at radius 1 is 0.826 bits per heavy atom. The Hall–Kier alpha value is -1.78. The minimum atomic E-state index is -0.0242. The van der Waals surface area contributed by atoms with Crippen LogP contribution in [0.3, 0.4) is 0 Å². The molecule has 2 bridgehead atoms. The lowest BCUT2D eigenvalue weighted by molar-refractivity contribution is -0.127. The molecule has 2 aliphatic carbocycles. The van der Waals surface area contributed by atoms with Gasteiger partial charge < -0.3 is 0 Å². The first-order valence-corrected chi connectivity index (χ1v) is 9.53. The van der Waals surface area contributed by atoms with Gasteiger partial charge in [0.15, 0.2) is 11.6 Å². The van der Waals surface area contributed by atoms with Crippen LogP contribution in [0.25, 0.3) is 12.2 Å². The molecule has 116 valence electrons. The van der Waals surface area contributed by atoms with E-state index in [4.69, 9.17) is 0 Å². The van der Waals surface area contributed by atoms with Crippen molar-refractivity contribution in [3.05, 3.63) is 55.9 Å². The standard InChI is InChI=1S/C19H16O2S2/c20-18-13-7-12(8-14(18)10-16-3-1-5-22-16)19(21)15(9-13)11-17-4-2-6-23-17/h1-6,10-13H,7-9H2/b14-10-,15-11-/t12-,13-/m1/s1. The molecule has 0 aliphatic heterocycles. The first-order valence-electron chi connectivity index (χ1n) is 7.77. The molecule has 0 amide bonds. The summed E-state index contributed by atoms with van der Waals surface area (Å²) in [6, 6.07) is 8.00. The first-order chi connectivity index (χ1) is 11.2. The van der Waals surface area contributed by atoms with E-state index in [1.54, 1.807) is 22.7 Å². The van der Waals surface area contributed by atoms with Crippen LogP contribution in [0.4, 0.5) is 0 Å². The summed E-state index contributed by atoms with van der Waals surface area (Å²) in [5.41, 5.74) is 1.66. The van der Waals surface area contributed by atoms with E-state index in [1.165, 1.54) is 0 Å². The maximum atomic E-state index is 12.7. The fourth-order valence-electron chi connectivity index (χ4n) is 3.52. The minimum Gasteiger partial charge on any atom is -0.294 e. The molecule has 2 aromatic heterocycles. The molecule has 0 spiro atoms. The van der Waals surface area contributed by atoms with Gasteiger partial charge in [-0.05, 0) is 65.5 Å². The zero-order valence-electron chi connectivity index (χ0n) is 12.5. The van der Waals surface area contributed by atoms with Crippen LogP contribution in [-0.2, 0) is 9.59 Å². The summed E-state index contributed by atoms with van der Waals surface area (Å²) in [4.78, 5) is 27.6. The summed E-state index contributed by atoms with van der Waals surface area (Å²) in [5, 5.41) is 4.01. The van der Waals surface area contributed by atoms with Crippen molar-refractivity contribution in [2.24, 2.45) is 11.8 Å². The molecule has 2 saturated carbocycles. The van der Waals surface area contributed by atoms with Gasteiger partial charge in [0, 0.05) is 21.6 Å². The molecule has 2 aromatic rings. The second kappa shape index (κ2) is 6.02. The third kappa shape index (κ3) is 2.89. The van der Waals surface area contributed by atoms with Crippen LogP contribution in [0.15, 0.2) is 46.2 Å². The van der Waals surface area contributed by atoms with Gasteiger partial charge in [-0.15, -0.1) is 22.7 Å². The van der Waals surface area contributed by atoms with Gasteiger partial charge in [-0.25, -0.2) is 0 Å². The zero-order valence-corrected chi connectivity index (χ0v) is 14.2. The van der Waals surface area contributed by atoms with Gasteiger partial charge in [0.25, 0.3) is 0 Å². The molecule has 2 aliphatic rings. The molecule has 4 heteroatoms. The van der Waals surface area contributed by atoms with Gasteiger partial charge >= 0.3 is 0 Å². The fraction of sp³-hybridized carbons (Fsp3) is 0.263. The quantitative estimate of drug-likeness (QED) is 0.733. The van der Waals surface area contributed by atoms with Gasteiger partial charge in [-0.3, -0.25) is 9.59 Å². The second-order valence-electron chi connectivity index (χ2n) is 6.14. The summed E-state index contributed by atoms with van der Waals surface area (Å²) in [7, 11) is 0. The van der Waals surface area contributed by atoms with E-state index in [0.29, 0.717) is 12.8 Å². The van der Waals surface area contributed by atoms with Crippen molar-refractivity contribution in [3.8, 4) is 0 Å². The minimum absolute atomic E-state index is 0.0242. The number of ketones is 2. The number of Topliss-reactive ketones (excluding diaryl/α,β-unsaturated/α-hetero) is 2. The van der Waals surface area contributed by atoms with Crippen molar-refractivity contribution in [2.75, 3.05) is 0 Å². The molecule has 0 aromatic carbocycles. The highest BCUT2D eigenvalue weighted by Crippen LogP contribution is 2.42. The van der Waals surface area contributed by atoms with Gasteiger partial charge in [-0.2, -0.15) is 0 Å². The number of allylic oxidation sites excluding steroid dienone is 2. The van der Waals surface area contributed by atoms with Crippen LogP contribution in [0.2, 0.25) is 0 Å². The van der Waals surface area contributed by atoms with Crippen LogP contribution in [0.1, 0.15) is 29.0 Å². The van der Waals surface area contributed by atoms with Crippen molar-refractivity contribution >= 4 is 46.4 Å². The van der Waals surface area contributed by atoms with Crippen molar-refractivity contribution in [1.29, 1.82) is 0 Å². The smallest absolute Gasteiger partial charge is 0.162 e. The number of thiophene rings is 2. The predicted molar refractivity (Wildman–Crippen MR) is 95.4 cm³/mol. The highest BCUT2D eigenvalue weighted by Gasteiger charge is 2.41. The fourth-order valence-corrected chi connectivity index (χ4v) is 4.88. The normalized spacial score (nSPS) is 27.8. The third-order valence-corrected chi connectivity index (χ3v) is 6.23. The molecule has 0 unspecified atom stereocenters. The molecule has 2 fully saturated rings. The topological polar surface area (TPSA) is 34.1 Å². The number of fused-ring (bicyclic) bond motifs is 2. The summed E-state index contributed by atoms with van der Waals surface area (Å²) < 4.78 is 0. The van der Waals surface area contributed by atoms with Gasteiger partial charge in [0.1, 0.15) is 0 Å². The van der Waals surface area contributed by atoms with E-state index >= 15 is 0 Å². The lowest BCUT2D eigenvalue weighted by atomic mass is 9.67. The van der Waals surface area contributed by atoms with E-state index in [1.807, 2.05) is 47.2 Å². The number of carbonyl (C=O) groups is 2. The zero-order chi connectivity index (χ0) is 15.8. The predicted octanol–water partition coefficient (Wildman–Crippen LogP) is 4.84. The monoisotopic (exact) mass is 340 g/mol. The molecule has 2 nitrogen and oxygen atoms in total. The summed E-state index contributed by atoms with van der Waals surface area (Å²) in [6.45, 7) is 0. The van der Waals surface area contributed by atoms with Crippen molar-refractivity contribution in [2.45, 2.75) is 19.3 Å². The summed E-state index contributed by atoms with van der Waals surface area (Å²) in [6.07, 6.45) is 5.86. The highest BCUT2D eigenvalue weighted by atomic mass is 32.1. The SMILES string of the molecule is O=C1/C(=C\c2cccs2)C[C@H]2C[C@@H]1C/C(=C/c1cccs1)C2=O. The Balaban J connectivity index is 1.63. The van der Waals surface area contributed by atoms with E-state index in [-0.39, 0.29) is 23.4 Å². The van der Waals surface area contributed by atoms with Crippen molar-refractivity contribution < 1.29 is 9.59 Å². The molecule has 2 atom stereocenters. The lowest BCUT2D eigenvalue weighted by Crippen LogP contribution is -2.37. The highest BCUT2D eigenvalue weighted by molar-refractivity contribution is 7.11. The van der Waals surface area contributed by atoms with E-state index < -0.39 is 0 Å². The summed E-state index contributed by atoms with van der Waals surface area (Å²) in [5.74, 6) is 0.422. The Kier molecular flexibility index (Phi) is 3.87. The largest absolute Gasteiger partial charge is 0.294 e. The van der Waals surface area contributed by atoms with Crippen LogP contribution in [0, 0.1) is 11.8 Å². The molecule has 0 N–H and O–H groups in total. The van der Waals surface area contributed by atoms with Crippen LogP contribution in [-0.4, -0.2) is 11.6 Å². The van der Waals surface area contributed by atoms with E-state index in [9.17, 15) is 9.59 Å². The molecule has 0 radical (unpaired) electrons. The van der Waals surface area contributed by atoms with Crippen LogP contribution in [0.5, 0.6) is 0 Å². The molecular formula is C19H16O2S2. The first kappa shape index (κ1) is 14.8. The molecular weight excluding hydrogens is 324 g/mol. The Morgan fingerprint density at radius 3 is 1.70 bits per heavy atom. The average molecular weight is 340 g/mol. The Morgan fingerprint density at radius 2 is 1.30 bits per heavy atom. The molecule has 0 saturated heterocycles.